The quantitative estimate of drug-likeness (QED) is 0.746. The van der Waals surface area contributed by atoms with Gasteiger partial charge < -0.3 is 9.84 Å². The lowest BCUT2D eigenvalue weighted by molar-refractivity contribution is -0.131. The normalized spacial score (nSPS) is 10.4. The lowest BCUT2D eigenvalue weighted by Gasteiger charge is -2.04. The Morgan fingerprint density at radius 2 is 2.21 bits per heavy atom. The summed E-state index contributed by atoms with van der Waals surface area (Å²) in [7, 11) is 1.56. The summed E-state index contributed by atoms with van der Waals surface area (Å²) in [6, 6.07) is 5.60. The van der Waals surface area contributed by atoms with Crippen LogP contribution in [0.5, 0.6) is 5.75 Å². The first kappa shape index (κ1) is 10.3. The molecular formula is C11H12O3. The zero-order valence-electron chi connectivity index (χ0n) is 8.15. The Morgan fingerprint density at radius 3 is 2.79 bits per heavy atom. The molecule has 1 aromatic rings. The molecule has 0 heterocycles. The minimum absolute atomic E-state index is 0.683. The molecule has 0 fully saturated rings. The van der Waals surface area contributed by atoms with E-state index in [9.17, 15) is 4.79 Å². The number of aryl methyl sites for hydroxylation is 1. The highest BCUT2D eigenvalue weighted by Gasteiger charge is 1.99. The average Bonchev–Trinajstić information content (AvgIpc) is 2.15. The van der Waals surface area contributed by atoms with Crippen molar-refractivity contribution in [1.29, 1.82) is 0 Å². The van der Waals surface area contributed by atoms with E-state index >= 15 is 0 Å². The van der Waals surface area contributed by atoms with Crippen molar-refractivity contribution in [1.82, 2.24) is 0 Å². The number of rotatable bonds is 3. The van der Waals surface area contributed by atoms with E-state index in [0.717, 1.165) is 17.2 Å². The summed E-state index contributed by atoms with van der Waals surface area (Å²) >= 11 is 0. The molecule has 0 aliphatic heterocycles. The van der Waals surface area contributed by atoms with Crippen LogP contribution >= 0.6 is 0 Å². The van der Waals surface area contributed by atoms with E-state index in [4.69, 9.17) is 9.84 Å². The van der Waals surface area contributed by atoms with Gasteiger partial charge in [-0.1, -0.05) is 12.1 Å². The molecule has 74 valence electrons. The van der Waals surface area contributed by atoms with Crippen LogP contribution in [0.4, 0.5) is 0 Å². The molecule has 1 aromatic carbocycles. The van der Waals surface area contributed by atoms with E-state index in [0.29, 0.717) is 5.75 Å². The van der Waals surface area contributed by atoms with Crippen LogP contribution in [-0.4, -0.2) is 18.2 Å². The highest BCUT2D eigenvalue weighted by Crippen LogP contribution is 2.20. The second-order valence-electron chi connectivity index (χ2n) is 2.92. The SMILES string of the molecule is COc1cc(C)ccc1C=CC(=O)O. The fourth-order valence-electron chi connectivity index (χ4n) is 1.12. The Kier molecular flexibility index (Phi) is 3.29. The molecule has 0 bridgehead atoms. The van der Waals surface area contributed by atoms with E-state index in [1.165, 1.54) is 6.08 Å². The van der Waals surface area contributed by atoms with Crippen LogP contribution in [0, 0.1) is 6.92 Å². The van der Waals surface area contributed by atoms with Crippen molar-refractivity contribution in [3.63, 3.8) is 0 Å². The molecule has 0 aliphatic carbocycles. The number of hydrogen-bond donors (Lipinski definition) is 1. The van der Waals surface area contributed by atoms with Crippen LogP contribution in [0.1, 0.15) is 11.1 Å². The predicted octanol–water partition coefficient (Wildman–Crippen LogP) is 2.10. The van der Waals surface area contributed by atoms with Crippen molar-refractivity contribution >= 4 is 12.0 Å². The van der Waals surface area contributed by atoms with Gasteiger partial charge >= 0.3 is 5.97 Å². The first-order valence-corrected chi connectivity index (χ1v) is 4.19. The molecule has 0 aromatic heterocycles. The van der Waals surface area contributed by atoms with Crippen LogP contribution in [0.25, 0.3) is 6.08 Å². The van der Waals surface area contributed by atoms with E-state index in [1.807, 2.05) is 25.1 Å². The topological polar surface area (TPSA) is 46.5 Å². The summed E-state index contributed by atoms with van der Waals surface area (Å²) in [6.07, 6.45) is 2.60. The van der Waals surface area contributed by atoms with Gasteiger partial charge in [-0.3, -0.25) is 0 Å². The predicted molar refractivity (Wildman–Crippen MR) is 54.4 cm³/mol. The largest absolute Gasteiger partial charge is 0.496 e. The summed E-state index contributed by atoms with van der Waals surface area (Å²) in [5, 5.41) is 8.47. The fourth-order valence-corrected chi connectivity index (χ4v) is 1.12. The number of hydrogen-bond acceptors (Lipinski definition) is 2. The minimum atomic E-state index is -0.965. The van der Waals surface area contributed by atoms with Crippen molar-refractivity contribution in [2.24, 2.45) is 0 Å². The van der Waals surface area contributed by atoms with Gasteiger partial charge in [-0.2, -0.15) is 0 Å². The third-order valence-corrected chi connectivity index (χ3v) is 1.79. The van der Waals surface area contributed by atoms with Crippen LogP contribution in [0.15, 0.2) is 24.3 Å². The van der Waals surface area contributed by atoms with E-state index < -0.39 is 5.97 Å². The molecule has 0 saturated heterocycles. The van der Waals surface area contributed by atoms with Gasteiger partial charge in [0, 0.05) is 11.6 Å². The number of carbonyl (C=O) groups is 1. The number of aliphatic carboxylic acids is 1. The van der Waals surface area contributed by atoms with E-state index in [2.05, 4.69) is 0 Å². The summed E-state index contributed by atoms with van der Waals surface area (Å²) in [5.74, 6) is -0.282. The van der Waals surface area contributed by atoms with Crippen molar-refractivity contribution in [2.75, 3.05) is 7.11 Å². The Hall–Kier alpha value is -1.77. The number of methoxy groups -OCH3 is 1. The molecule has 1 N–H and O–H groups in total. The lowest BCUT2D eigenvalue weighted by atomic mass is 10.1. The Balaban J connectivity index is 3.02. The number of benzene rings is 1. The van der Waals surface area contributed by atoms with Crippen LogP contribution < -0.4 is 4.74 Å². The molecule has 3 nitrogen and oxygen atoms in total. The first-order valence-electron chi connectivity index (χ1n) is 4.19. The maximum Gasteiger partial charge on any atom is 0.328 e. The molecule has 0 spiro atoms. The highest BCUT2D eigenvalue weighted by molar-refractivity contribution is 5.85. The molecule has 1 rings (SSSR count). The van der Waals surface area contributed by atoms with Crippen LogP contribution in [0.3, 0.4) is 0 Å². The van der Waals surface area contributed by atoms with E-state index in [-0.39, 0.29) is 0 Å². The molecule has 14 heavy (non-hydrogen) atoms. The Morgan fingerprint density at radius 1 is 1.50 bits per heavy atom. The summed E-state index contributed by atoms with van der Waals surface area (Å²) < 4.78 is 5.11. The van der Waals surface area contributed by atoms with Gasteiger partial charge in [0.1, 0.15) is 5.75 Å². The van der Waals surface area contributed by atoms with E-state index in [1.54, 1.807) is 7.11 Å². The highest BCUT2D eigenvalue weighted by atomic mass is 16.5. The third-order valence-electron chi connectivity index (χ3n) is 1.79. The zero-order chi connectivity index (χ0) is 10.6. The van der Waals surface area contributed by atoms with Crippen molar-refractivity contribution in [3.8, 4) is 5.75 Å². The maximum absolute atomic E-state index is 10.3. The van der Waals surface area contributed by atoms with Crippen molar-refractivity contribution in [2.45, 2.75) is 6.92 Å². The molecule has 0 amide bonds. The van der Waals surface area contributed by atoms with Gasteiger partial charge in [0.05, 0.1) is 7.11 Å². The number of ether oxygens (including phenoxy) is 1. The molecule has 3 heteroatoms. The molecule has 0 aliphatic rings. The molecule has 0 radical (unpaired) electrons. The number of carboxylic acid groups (broad SMARTS) is 1. The second kappa shape index (κ2) is 4.46. The van der Waals surface area contributed by atoms with Crippen LogP contribution in [0.2, 0.25) is 0 Å². The first-order chi connectivity index (χ1) is 6.63. The third kappa shape index (κ3) is 2.62. The fraction of sp³-hybridized carbons (Fsp3) is 0.182. The second-order valence-corrected chi connectivity index (χ2v) is 2.92. The molecule has 0 saturated carbocycles. The van der Waals surface area contributed by atoms with Gasteiger partial charge in [-0.05, 0) is 24.6 Å². The van der Waals surface area contributed by atoms with Crippen molar-refractivity contribution in [3.05, 3.63) is 35.4 Å². The average molecular weight is 192 g/mol. The standard InChI is InChI=1S/C11H12O3/c1-8-3-4-9(5-6-11(12)13)10(7-8)14-2/h3-7H,1-2H3,(H,12,13). The monoisotopic (exact) mass is 192 g/mol. The zero-order valence-corrected chi connectivity index (χ0v) is 8.15. The van der Waals surface area contributed by atoms with Gasteiger partial charge in [0.2, 0.25) is 0 Å². The smallest absolute Gasteiger partial charge is 0.328 e. The van der Waals surface area contributed by atoms with Crippen molar-refractivity contribution < 1.29 is 14.6 Å². The molecule has 0 atom stereocenters. The maximum atomic E-state index is 10.3. The molecular weight excluding hydrogens is 180 g/mol. The molecule has 0 unspecified atom stereocenters. The van der Waals surface area contributed by atoms with Gasteiger partial charge in [0.15, 0.2) is 0 Å². The number of carboxylic acids is 1. The summed E-state index contributed by atoms with van der Waals surface area (Å²) in [5.41, 5.74) is 1.84. The lowest BCUT2D eigenvalue weighted by Crippen LogP contribution is -1.90. The van der Waals surface area contributed by atoms with Crippen LogP contribution in [-0.2, 0) is 4.79 Å². The summed E-state index contributed by atoms with van der Waals surface area (Å²) in [4.78, 5) is 10.3. The van der Waals surface area contributed by atoms with Gasteiger partial charge in [0.25, 0.3) is 0 Å². The minimum Gasteiger partial charge on any atom is -0.496 e. The summed E-state index contributed by atoms with van der Waals surface area (Å²) in [6.45, 7) is 1.95. The van der Waals surface area contributed by atoms with Gasteiger partial charge in [-0.15, -0.1) is 0 Å². The Labute approximate surface area is 82.6 Å². The Bertz CT molecular complexity index is 367. The van der Waals surface area contributed by atoms with Gasteiger partial charge in [-0.25, -0.2) is 4.79 Å².